The average Bonchev–Trinajstić information content (AvgIpc) is 2.41. The molecule has 0 aromatic carbocycles. The molecule has 1 fully saturated rings. The molecule has 0 aromatic heterocycles. The van der Waals surface area contributed by atoms with Crippen molar-refractivity contribution in [2.24, 2.45) is 0 Å². The highest BCUT2D eigenvalue weighted by atomic mass is 16.7. The van der Waals surface area contributed by atoms with E-state index in [9.17, 15) is 4.79 Å². The second-order valence-electron chi connectivity index (χ2n) is 3.88. The summed E-state index contributed by atoms with van der Waals surface area (Å²) in [4.78, 5) is 10.5. The molecular weight excluding hydrogens is 184 g/mol. The van der Waals surface area contributed by atoms with Gasteiger partial charge in [0.05, 0.1) is 12.7 Å². The van der Waals surface area contributed by atoms with Crippen molar-refractivity contribution < 1.29 is 19.4 Å². The van der Waals surface area contributed by atoms with Crippen LogP contribution >= 0.6 is 0 Å². The highest BCUT2D eigenvalue weighted by molar-refractivity contribution is 5.85. The van der Waals surface area contributed by atoms with E-state index in [0.29, 0.717) is 18.6 Å². The third-order valence-corrected chi connectivity index (χ3v) is 2.09. The van der Waals surface area contributed by atoms with E-state index in [0.717, 1.165) is 0 Å². The summed E-state index contributed by atoms with van der Waals surface area (Å²) in [6.45, 7) is 5.79. The maximum atomic E-state index is 10.5. The monoisotopic (exact) mass is 200 g/mol. The average molecular weight is 200 g/mol. The normalized spacial score (nSPS) is 26.5. The van der Waals surface area contributed by atoms with Crippen LogP contribution in [0.15, 0.2) is 11.6 Å². The van der Waals surface area contributed by atoms with Crippen LogP contribution < -0.4 is 0 Å². The van der Waals surface area contributed by atoms with Gasteiger partial charge in [0.25, 0.3) is 0 Å². The molecule has 0 saturated carbocycles. The lowest BCUT2D eigenvalue weighted by molar-refractivity contribution is -0.137. The first kappa shape index (κ1) is 11.2. The molecule has 1 aliphatic heterocycles. The van der Waals surface area contributed by atoms with Gasteiger partial charge in [0, 0.05) is 5.57 Å². The summed E-state index contributed by atoms with van der Waals surface area (Å²) < 4.78 is 10.9. The summed E-state index contributed by atoms with van der Waals surface area (Å²) in [5.74, 6) is -1.42. The third-order valence-electron chi connectivity index (χ3n) is 2.09. The van der Waals surface area contributed by atoms with Gasteiger partial charge in [-0.3, -0.25) is 0 Å². The molecule has 80 valence electrons. The molecule has 0 amide bonds. The number of carbonyl (C=O) groups is 1. The van der Waals surface area contributed by atoms with E-state index in [-0.39, 0.29) is 6.10 Å². The van der Waals surface area contributed by atoms with E-state index >= 15 is 0 Å². The fourth-order valence-electron chi connectivity index (χ4n) is 1.27. The van der Waals surface area contributed by atoms with Gasteiger partial charge >= 0.3 is 5.97 Å². The van der Waals surface area contributed by atoms with Gasteiger partial charge in [-0.2, -0.15) is 0 Å². The van der Waals surface area contributed by atoms with Gasteiger partial charge in [-0.15, -0.1) is 0 Å². The molecule has 4 heteroatoms. The van der Waals surface area contributed by atoms with Crippen molar-refractivity contribution >= 4 is 5.97 Å². The molecule has 0 spiro atoms. The Balaban J connectivity index is 2.41. The first-order valence-electron chi connectivity index (χ1n) is 4.62. The number of aliphatic carboxylic acids is 1. The zero-order valence-electron chi connectivity index (χ0n) is 8.74. The Kier molecular flexibility index (Phi) is 3.29. The fraction of sp³-hybridized carbons (Fsp3) is 0.700. The van der Waals surface area contributed by atoms with Crippen LogP contribution in [0.1, 0.15) is 27.2 Å². The minimum Gasteiger partial charge on any atom is -0.478 e. The number of hydrogen-bond donors (Lipinski definition) is 1. The van der Waals surface area contributed by atoms with Gasteiger partial charge in [-0.25, -0.2) is 4.79 Å². The largest absolute Gasteiger partial charge is 0.478 e. The summed E-state index contributed by atoms with van der Waals surface area (Å²) in [6.07, 6.45) is 2.22. The molecule has 14 heavy (non-hydrogen) atoms. The maximum absolute atomic E-state index is 10.5. The molecule has 0 aromatic rings. The van der Waals surface area contributed by atoms with E-state index in [1.807, 2.05) is 13.8 Å². The summed E-state index contributed by atoms with van der Waals surface area (Å²) in [7, 11) is 0. The van der Waals surface area contributed by atoms with Crippen LogP contribution in [0.4, 0.5) is 0 Å². The fourth-order valence-corrected chi connectivity index (χ4v) is 1.27. The molecular formula is C10H16O4. The number of carboxylic acid groups (broad SMARTS) is 1. The van der Waals surface area contributed by atoms with Gasteiger partial charge in [0.2, 0.25) is 0 Å². The second kappa shape index (κ2) is 4.11. The molecule has 1 rings (SSSR count). The predicted octanol–water partition coefficient (Wildman–Crippen LogP) is 1.56. The highest BCUT2D eigenvalue weighted by Gasteiger charge is 2.31. The number of rotatable bonds is 3. The molecule has 1 unspecified atom stereocenters. The summed E-state index contributed by atoms with van der Waals surface area (Å²) >= 11 is 0. The van der Waals surface area contributed by atoms with Crippen molar-refractivity contribution in [3.05, 3.63) is 11.6 Å². The maximum Gasteiger partial charge on any atom is 0.330 e. The Hall–Kier alpha value is -0.870. The van der Waals surface area contributed by atoms with E-state index in [1.165, 1.54) is 0 Å². The lowest BCUT2D eigenvalue weighted by atomic mass is 10.2. The van der Waals surface area contributed by atoms with Crippen LogP contribution in [0, 0.1) is 0 Å². The SMILES string of the molecule is CC(=CCC1COC(C)(C)O1)C(=O)O. The van der Waals surface area contributed by atoms with Crippen LogP contribution in [0.2, 0.25) is 0 Å². The number of carboxylic acids is 1. The number of ether oxygens (including phenoxy) is 2. The molecule has 0 aliphatic carbocycles. The van der Waals surface area contributed by atoms with Crippen molar-refractivity contribution in [3.8, 4) is 0 Å². The van der Waals surface area contributed by atoms with Gasteiger partial charge in [-0.1, -0.05) is 6.08 Å². The minimum absolute atomic E-state index is 0.0284. The lowest BCUT2D eigenvalue weighted by Gasteiger charge is -2.16. The minimum atomic E-state index is -0.886. The van der Waals surface area contributed by atoms with Crippen molar-refractivity contribution in [3.63, 3.8) is 0 Å². The van der Waals surface area contributed by atoms with Crippen LogP contribution in [0.3, 0.4) is 0 Å². The Morgan fingerprint density at radius 3 is 2.71 bits per heavy atom. The Morgan fingerprint density at radius 2 is 2.29 bits per heavy atom. The van der Waals surface area contributed by atoms with Crippen LogP contribution in [0.5, 0.6) is 0 Å². The van der Waals surface area contributed by atoms with Crippen molar-refractivity contribution in [1.29, 1.82) is 0 Å². The van der Waals surface area contributed by atoms with E-state index < -0.39 is 11.8 Å². The highest BCUT2D eigenvalue weighted by Crippen LogP contribution is 2.24. The Bertz CT molecular complexity index is 255. The molecule has 0 radical (unpaired) electrons. The Morgan fingerprint density at radius 1 is 1.64 bits per heavy atom. The first-order chi connectivity index (χ1) is 6.41. The molecule has 1 atom stereocenters. The summed E-state index contributed by atoms with van der Waals surface area (Å²) in [6, 6.07) is 0. The van der Waals surface area contributed by atoms with E-state index in [1.54, 1.807) is 13.0 Å². The quantitative estimate of drug-likeness (QED) is 0.702. The zero-order chi connectivity index (χ0) is 10.8. The van der Waals surface area contributed by atoms with E-state index in [4.69, 9.17) is 14.6 Å². The topological polar surface area (TPSA) is 55.8 Å². The zero-order valence-corrected chi connectivity index (χ0v) is 8.74. The molecule has 1 saturated heterocycles. The molecule has 1 heterocycles. The standard InChI is InChI=1S/C10H16O4/c1-7(9(11)12)4-5-8-6-13-10(2,3)14-8/h4,8H,5-6H2,1-3H3,(H,11,12). The van der Waals surface area contributed by atoms with Crippen molar-refractivity contribution in [2.45, 2.75) is 39.1 Å². The van der Waals surface area contributed by atoms with Gasteiger partial charge in [0.1, 0.15) is 0 Å². The van der Waals surface area contributed by atoms with Crippen molar-refractivity contribution in [1.82, 2.24) is 0 Å². The summed E-state index contributed by atoms with van der Waals surface area (Å²) in [5, 5.41) is 8.62. The molecule has 4 nitrogen and oxygen atoms in total. The molecule has 1 N–H and O–H groups in total. The first-order valence-corrected chi connectivity index (χ1v) is 4.62. The van der Waals surface area contributed by atoms with Crippen LogP contribution in [-0.4, -0.2) is 29.6 Å². The second-order valence-corrected chi connectivity index (χ2v) is 3.88. The third kappa shape index (κ3) is 3.12. The van der Waals surface area contributed by atoms with Crippen molar-refractivity contribution in [2.75, 3.05) is 6.61 Å². The molecule has 1 aliphatic rings. The Labute approximate surface area is 83.5 Å². The summed E-state index contributed by atoms with van der Waals surface area (Å²) in [5.41, 5.74) is 0.346. The number of hydrogen-bond acceptors (Lipinski definition) is 3. The van der Waals surface area contributed by atoms with E-state index in [2.05, 4.69) is 0 Å². The van der Waals surface area contributed by atoms with Gasteiger partial charge in [-0.05, 0) is 27.2 Å². The molecule has 0 bridgehead atoms. The van der Waals surface area contributed by atoms with Gasteiger partial charge < -0.3 is 14.6 Å². The predicted molar refractivity (Wildman–Crippen MR) is 50.9 cm³/mol. The van der Waals surface area contributed by atoms with Crippen LogP contribution in [0.25, 0.3) is 0 Å². The van der Waals surface area contributed by atoms with Gasteiger partial charge in [0.15, 0.2) is 5.79 Å². The van der Waals surface area contributed by atoms with Crippen LogP contribution in [-0.2, 0) is 14.3 Å². The lowest BCUT2D eigenvalue weighted by Crippen LogP contribution is -2.21. The smallest absolute Gasteiger partial charge is 0.330 e.